The van der Waals surface area contributed by atoms with Crippen LogP contribution in [0.5, 0.6) is 5.75 Å². The van der Waals surface area contributed by atoms with Gasteiger partial charge >= 0.3 is 0 Å². The lowest BCUT2D eigenvalue weighted by Gasteiger charge is -2.19. The van der Waals surface area contributed by atoms with Crippen molar-refractivity contribution in [3.8, 4) is 5.75 Å². The topological polar surface area (TPSA) is 33.6 Å². The monoisotopic (exact) mass is 252 g/mol. The second kappa shape index (κ2) is 5.41. The van der Waals surface area contributed by atoms with E-state index in [1.54, 1.807) is 0 Å². The predicted octanol–water partition coefficient (Wildman–Crippen LogP) is 2.81. The van der Waals surface area contributed by atoms with E-state index in [9.17, 15) is 0 Å². The van der Waals surface area contributed by atoms with Gasteiger partial charge in [0.25, 0.3) is 0 Å². The van der Waals surface area contributed by atoms with Crippen molar-refractivity contribution >= 4 is 17.4 Å². The van der Waals surface area contributed by atoms with Crippen molar-refractivity contribution < 1.29 is 4.74 Å². The molecule has 0 saturated carbocycles. The van der Waals surface area contributed by atoms with E-state index in [4.69, 9.17) is 16.3 Å². The predicted molar refractivity (Wildman–Crippen MR) is 71.2 cm³/mol. The van der Waals surface area contributed by atoms with E-state index < -0.39 is 0 Å². The molecule has 0 radical (unpaired) electrons. The summed E-state index contributed by atoms with van der Waals surface area (Å²) in [6.07, 6.45) is 0.840. The minimum Gasteiger partial charge on any atom is -0.481 e. The minimum absolute atomic E-state index is 0.0307. The Morgan fingerprint density at radius 1 is 1.53 bits per heavy atom. The van der Waals surface area contributed by atoms with Crippen LogP contribution in [0.2, 0.25) is 5.02 Å². The molecule has 0 amide bonds. The molecule has 2 rings (SSSR count). The molecule has 0 aromatic heterocycles. The number of nitrogens with one attached hydrogen (secondary N) is 1. The van der Waals surface area contributed by atoms with Gasteiger partial charge in [0, 0.05) is 6.54 Å². The van der Waals surface area contributed by atoms with Crippen molar-refractivity contribution in [1.29, 1.82) is 0 Å². The lowest BCUT2D eigenvalue weighted by molar-refractivity contribution is 0.259. The first-order valence-corrected chi connectivity index (χ1v) is 6.30. The van der Waals surface area contributed by atoms with E-state index in [0.29, 0.717) is 5.02 Å². The van der Waals surface area contributed by atoms with Gasteiger partial charge in [0.1, 0.15) is 11.6 Å². The van der Waals surface area contributed by atoms with E-state index in [0.717, 1.165) is 36.7 Å². The average molecular weight is 253 g/mol. The number of aliphatic imine (C=N–C) groups is 1. The highest BCUT2D eigenvalue weighted by Gasteiger charge is 2.19. The first-order chi connectivity index (χ1) is 8.22. The smallest absolute Gasteiger partial charge is 0.155 e. The summed E-state index contributed by atoms with van der Waals surface area (Å²) in [5.41, 5.74) is 1.03. The van der Waals surface area contributed by atoms with E-state index >= 15 is 0 Å². The quantitative estimate of drug-likeness (QED) is 0.894. The first kappa shape index (κ1) is 12.2. The Balaban J connectivity index is 2.15. The average Bonchev–Trinajstić information content (AvgIpc) is 2.85. The zero-order chi connectivity index (χ0) is 12.3. The van der Waals surface area contributed by atoms with Crippen LogP contribution in [-0.2, 0) is 0 Å². The molecule has 4 heteroatoms. The molecular formula is C13H17ClN2O. The Bertz CT molecular complexity index is 431. The molecule has 0 spiro atoms. The molecule has 0 saturated heterocycles. The van der Waals surface area contributed by atoms with Crippen LogP contribution in [-0.4, -0.2) is 25.0 Å². The van der Waals surface area contributed by atoms with Gasteiger partial charge in [-0.05, 0) is 25.0 Å². The third-order valence-electron chi connectivity index (χ3n) is 2.80. The number of aryl methyl sites for hydroxylation is 1. The van der Waals surface area contributed by atoms with Crippen LogP contribution < -0.4 is 10.1 Å². The lowest BCUT2D eigenvalue weighted by Crippen LogP contribution is -2.35. The maximum Gasteiger partial charge on any atom is 0.155 e. The molecule has 1 aromatic carbocycles. The fourth-order valence-corrected chi connectivity index (χ4v) is 2.00. The SMILES string of the molecule is CCC(Oc1cccc(C)c1Cl)C1=NCCN1. The fourth-order valence-electron chi connectivity index (χ4n) is 1.83. The van der Waals surface area contributed by atoms with Crippen molar-refractivity contribution in [2.45, 2.75) is 26.4 Å². The van der Waals surface area contributed by atoms with Crippen LogP contribution in [0.15, 0.2) is 23.2 Å². The van der Waals surface area contributed by atoms with E-state index in [-0.39, 0.29) is 6.10 Å². The molecule has 92 valence electrons. The summed E-state index contributed by atoms with van der Waals surface area (Å²) in [5, 5.41) is 3.93. The van der Waals surface area contributed by atoms with Gasteiger partial charge in [-0.2, -0.15) is 0 Å². The maximum atomic E-state index is 6.22. The van der Waals surface area contributed by atoms with E-state index in [1.165, 1.54) is 0 Å². The number of hydrogen-bond donors (Lipinski definition) is 1. The molecule has 1 atom stereocenters. The second-order valence-electron chi connectivity index (χ2n) is 4.10. The molecule has 0 aliphatic carbocycles. The van der Waals surface area contributed by atoms with E-state index in [2.05, 4.69) is 17.2 Å². The number of hydrogen-bond acceptors (Lipinski definition) is 3. The summed E-state index contributed by atoms with van der Waals surface area (Å²) in [7, 11) is 0. The highest BCUT2D eigenvalue weighted by atomic mass is 35.5. The van der Waals surface area contributed by atoms with Crippen molar-refractivity contribution in [3.63, 3.8) is 0 Å². The Hall–Kier alpha value is -1.22. The summed E-state index contributed by atoms with van der Waals surface area (Å²) < 4.78 is 5.93. The molecule has 17 heavy (non-hydrogen) atoms. The van der Waals surface area contributed by atoms with Crippen LogP contribution in [0.25, 0.3) is 0 Å². The molecular weight excluding hydrogens is 236 g/mol. The minimum atomic E-state index is -0.0307. The number of benzene rings is 1. The Kier molecular flexibility index (Phi) is 3.89. The van der Waals surface area contributed by atoms with Crippen molar-refractivity contribution in [1.82, 2.24) is 5.32 Å². The van der Waals surface area contributed by atoms with Crippen LogP contribution in [0.4, 0.5) is 0 Å². The molecule has 1 aromatic rings. The van der Waals surface area contributed by atoms with Crippen LogP contribution in [0, 0.1) is 6.92 Å². The summed E-state index contributed by atoms with van der Waals surface area (Å²) >= 11 is 6.22. The van der Waals surface area contributed by atoms with Gasteiger partial charge in [-0.15, -0.1) is 0 Å². The number of amidine groups is 1. The zero-order valence-corrected chi connectivity index (χ0v) is 10.9. The van der Waals surface area contributed by atoms with Gasteiger partial charge in [-0.25, -0.2) is 0 Å². The fraction of sp³-hybridized carbons (Fsp3) is 0.462. The second-order valence-corrected chi connectivity index (χ2v) is 4.47. The Labute approximate surface area is 107 Å². The lowest BCUT2D eigenvalue weighted by atomic mass is 10.2. The Morgan fingerprint density at radius 3 is 3.00 bits per heavy atom. The maximum absolute atomic E-state index is 6.22. The number of nitrogens with zero attached hydrogens (tertiary/aromatic N) is 1. The third-order valence-corrected chi connectivity index (χ3v) is 3.29. The van der Waals surface area contributed by atoms with Gasteiger partial charge in [0.05, 0.1) is 11.6 Å². The van der Waals surface area contributed by atoms with Gasteiger partial charge in [0.2, 0.25) is 0 Å². The molecule has 3 nitrogen and oxygen atoms in total. The molecule has 1 heterocycles. The highest BCUT2D eigenvalue weighted by molar-refractivity contribution is 6.32. The highest BCUT2D eigenvalue weighted by Crippen LogP contribution is 2.28. The molecule has 0 bridgehead atoms. The number of ether oxygens (including phenoxy) is 1. The van der Waals surface area contributed by atoms with Crippen LogP contribution in [0.3, 0.4) is 0 Å². The molecule has 0 fully saturated rings. The van der Waals surface area contributed by atoms with Crippen LogP contribution >= 0.6 is 11.6 Å². The zero-order valence-electron chi connectivity index (χ0n) is 10.2. The van der Waals surface area contributed by atoms with Gasteiger partial charge in [-0.3, -0.25) is 4.99 Å². The molecule has 1 N–H and O–H groups in total. The molecule has 1 aliphatic rings. The largest absolute Gasteiger partial charge is 0.481 e. The normalized spacial score (nSPS) is 16.3. The molecule has 1 unspecified atom stereocenters. The standard InChI is InChI=1S/C13H17ClN2O/c1-3-10(13-15-7-8-16-13)17-11-6-4-5-9(2)12(11)14/h4-6,10H,3,7-8H2,1-2H3,(H,15,16). The van der Waals surface area contributed by atoms with E-state index in [1.807, 2.05) is 25.1 Å². The van der Waals surface area contributed by atoms with Gasteiger partial charge in [-0.1, -0.05) is 30.7 Å². The molecule has 1 aliphatic heterocycles. The third kappa shape index (κ3) is 2.72. The van der Waals surface area contributed by atoms with Gasteiger partial charge in [0.15, 0.2) is 6.10 Å². The van der Waals surface area contributed by atoms with Crippen LogP contribution in [0.1, 0.15) is 18.9 Å². The summed E-state index contributed by atoms with van der Waals surface area (Å²) in [6, 6.07) is 5.82. The Morgan fingerprint density at radius 2 is 2.35 bits per heavy atom. The number of rotatable bonds is 4. The van der Waals surface area contributed by atoms with Crippen molar-refractivity contribution in [2.24, 2.45) is 4.99 Å². The van der Waals surface area contributed by atoms with Crippen molar-refractivity contribution in [2.75, 3.05) is 13.1 Å². The first-order valence-electron chi connectivity index (χ1n) is 5.92. The number of halogens is 1. The summed E-state index contributed by atoms with van der Waals surface area (Å²) in [6.45, 7) is 5.78. The van der Waals surface area contributed by atoms with Crippen molar-refractivity contribution in [3.05, 3.63) is 28.8 Å². The summed E-state index contributed by atoms with van der Waals surface area (Å²) in [5.74, 6) is 1.67. The van der Waals surface area contributed by atoms with Gasteiger partial charge < -0.3 is 10.1 Å². The summed E-state index contributed by atoms with van der Waals surface area (Å²) in [4.78, 5) is 4.39.